The predicted molar refractivity (Wildman–Crippen MR) is 62.5 cm³/mol. The molecule has 0 aliphatic carbocycles. The van der Waals surface area contributed by atoms with Crippen LogP contribution in [0.15, 0.2) is 36.4 Å². The third-order valence-corrected chi connectivity index (χ3v) is 1.82. The molecule has 1 aromatic carbocycles. The van der Waals surface area contributed by atoms with Crippen LogP contribution in [-0.2, 0) is 9.53 Å². The number of ether oxygens (including phenoxy) is 1. The van der Waals surface area contributed by atoms with Crippen molar-refractivity contribution in [1.82, 2.24) is 5.32 Å². The second-order valence-electron chi connectivity index (χ2n) is 3.14. The van der Waals surface area contributed by atoms with Crippen molar-refractivity contribution < 1.29 is 19.4 Å². The lowest BCUT2D eigenvalue weighted by Gasteiger charge is -1.87. The van der Waals surface area contributed by atoms with Crippen LogP contribution in [0.25, 0.3) is 6.08 Å². The normalized spacial score (nSPS) is 13.5. The fourth-order valence-corrected chi connectivity index (χ4v) is 1.08. The second kappa shape index (κ2) is 7.05. The molecule has 0 unspecified atom stereocenters. The molecular formula is C12H13NO4. The summed E-state index contributed by atoms with van der Waals surface area (Å²) in [4.78, 5) is 20.0. The van der Waals surface area contributed by atoms with Gasteiger partial charge in [0.05, 0.1) is 6.54 Å². The number of hydrogen-bond donors (Lipinski definition) is 2. The van der Waals surface area contributed by atoms with Gasteiger partial charge in [-0.25, -0.2) is 9.59 Å². The predicted octanol–water partition coefficient (Wildman–Crippen LogP) is 1.51. The first kappa shape index (κ1) is 12.8. The van der Waals surface area contributed by atoms with E-state index >= 15 is 0 Å². The number of alkyl carbamates (subject to hydrolysis) is 1. The molecule has 17 heavy (non-hydrogen) atoms. The molecule has 5 heteroatoms. The van der Waals surface area contributed by atoms with Crippen LogP contribution in [0.4, 0.5) is 4.79 Å². The zero-order chi connectivity index (χ0) is 12.5. The Balaban J connectivity index is 0.000000202. The van der Waals surface area contributed by atoms with Gasteiger partial charge in [0.25, 0.3) is 0 Å². The van der Waals surface area contributed by atoms with Gasteiger partial charge in [-0.15, -0.1) is 0 Å². The molecule has 0 spiro atoms. The highest BCUT2D eigenvalue weighted by Gasteiger charge is 2.06. The van der Waals surface area contributed by atoms with Crippen LogP contribution in [0.1, 0.15) is 5.56 Å². The molecule has 2 rings (SSSR count). The van der Waals surface area contributed by atoms with Gasteiger partial charge in [0.2, 0.25) is 0 Å². The Kier molecular flexibility index (Phi) is 5.30. The van der Waals surface area contributed by atoms with Crippen LogP contribution < -0.4 is 5.32 Å². The first-order chi connectivity index (χ1) is 8.18. The van der Waals surface area contributed by atoms with E-state index in [0.29, 0.717) is 13.2 Å². The van der Waals surface area contributed by atoms with Crippen molar-refractivity contribution in [2.45, 2.75) is 0 Å². The number of nitrogens with one attached hydrogen (secondary N) is 1. The number of benzene rings is 1. The number of carbonyl (C=O) groups excluding carboxylic acids is 1. The molecular weight excluding hydrogens is 222 g/mol. The fraction of sp³-hybridized carbons (Fsp3) is 0.167. The zero-order valence-electron chi connectivity index (χ0n) is 9.13. The number of rotatable bonds is 2. The molecule has 1 heterocycles. The van der Waals surface area contributed by atoms with E-state index < -0.39 is 5.97 Å². The molecule has 1 aliphatic heterocycles. The summed E-state index contributed by atoms with van der Waals surface area (Å²) in [7, 11) is 0. The van der Waals surface area contributed by atoms with Crippen molar-refractivity contribution in [1.29, 1.82) is 0 Å². The monoisotopic (exact) mass is 235 g/mol. The van der Waals surface area contributed by atoms with Gasteiger partial charge < -0.3 is 15.2 Å². The summed E-state index contributed by atoms with van der Waals surface area (Å²) >= 11 is 0. The van der Waals surface area contributed by atoms with Gasteiger partial charge in [0.15, 0.2) is 0 Å². The molecule has 5 nitrogen and oxygen atoms in total. The lowest BCUT2D eigenvalue weighted by atomic mass is 10.2. The first-order valence-electron chi connectivity index (χ1n) is 5.05. The SMILES string of the molecule is O=C(O)C=Cc1ccccc1.O=C1NCCO1. The highest BCUT2D eigenvalue weighted by Crippen LogP contribution is 1.99. The van der Waals surface area contributed by atoms with Gasteiger partial charge in [-0.1, -0.05) is 30.3 Å². The summed E-state index contributed by atoms with van der Waals surface area (Å²) in [6, 6.07) is 9.31. The van der Waals surface area contributed by atoms with Crippen LogP contribution in [0.5, 0.6) is 0 Å². The standard InChI is InChI=1S/C9H8O2.C3H5NO2/c10-9(11)7-6-8-4-2-1-3-5-8;5-3-4-1-2-6-3/h1-7H,(H,10,11);1-2H2,(H,4,5). The van der Waals surface area contributed by atoms with Crippen molar-refractivity contribution in [3.05, 3.63) is 42.0 Å². The van der Waals surface area contributed by atoms with E-state index in [-0.39, 0.29) is 6.09 Å². The van der Waals surface area contributed by atoms with E-state index in [1.807, 2.05) is 30.3 Å². The van der Waals surface area contributed by atoms with Gasteiger partial charge >= 0.3 is 12.1 Å². The maximum Gasteiger partial charge on any atom is 0.407 e. The first-order valence-corrected chi connectivity index (χ1v) is 5.05. The molecule has 2 N–H and O–H groups in total. The molecule has 1 fully saturated rings. The van der Waals surface area contributed by atoms with Crippen LogP contribution in [-0.4, -0.2) is 30.3 Å². The topological polar surface area (TPSA) is 75.6 Å². The maximum atomic E-state index is 10.1. The Hall–Kier alpha value is -2.30. The Morgan fingerprint density at radius 2 is 2.06 bits per heavy atom. The van der Waals surface area contributed by atoms with Crippen LogP contribution >= 0.6 is 0 Å². The summed E-state index contributed by atoms with van der Waals surface area (Å²) in [5, 5.41) is 10.7. The fourth-order valence-electron chi connectivity index (χ4n) is 1.08. The van der Waals surface area contributed by atoms with E-state index in [9.17, 15) is 9.59 Å². The number of cyclic esters (lactones) is 1. The average Bonchev–Trinajstić information content (AvgIpc) is 2.80. The van der Waals surface area contributed by atoms with E-state index in [0.717, 1.165) is 11.6 Å². The van der Waals surface area contributed by atoms with E-state index in [1.54, 1.807) is 6.08 Å². The number of aliphatic carboxylic acids is 1. The summed E-state index contributed by atoms with van der Waals surface area (Å²) in [6.45, 7) is 1.19. The molecule has 1 aromatic rings. The third-order valence-electron chi connectivity index (χ3n) is 1.82. The highest BCUT2D eigenvalue weighted by atomic mass is 16.6. The minimum atomic E-state index is -0.922. The largest absolute Gasteiger partial charge is 0.478 e. The van der Waals surface area contributed by atoms with E-state index in [1.165, 1.54) is 0 Å². The van der Waals surface area contributed by atoms with Crippen molar-refractivity contribution in [2.75, 3.05) is 13.2 Å². The Bertz CT molecular complexity index is 392. The maximum absolute atomic E-state index is 10.1. The van der Waals surface area contributed by atoms with Gasteiger partial charge in [0, 0.05) is 6.08 Å². The van der Waals surface area contributed by atoms with Crippen LogP contribution in [0.2, 0.25) is 0 Å². The van der Waals surface area contributed by atoms with Gasteiger partial charge in [-0.3, -0.25) is 0 Å². The summed E-state index contributed by atoms with van der Waals surface area (Å²) in [5.74, 6) is -0.922. The number of hydrogen-bond acceptors (Lipinski definition) is 3. The Morgan fingerprint density at radius 1 is 1.35 bits per heavy atom. The lowest BCUT2D eigenvalue weighted by molar-refractivity contribution is -0.131. The molecule has 0 atom stereocenters. The summed E-state index contributed by atoms with van der Waals surface area (Å²) in [6.07, 6.45) is 2.38. The van der Waals surface area contributed by atoms with Crippen molar-refractivity contribution >= 4 is 18.1 Å². The van der Waals surface area contributed by atoms with E-state index in [4.69, 9.17) is 5.11 Å². The quantitative estimate of drug-likeness (QED) is 0.762. The van der Waals surface area contributed by atoms with E-state index in [2.05, 4.69) is 10.1 Å². The molecule has 90 valence electrons. The number of carboxylic acid groups (broad SMARTS) is 1. The zero-order valence-corrected chi connectivity index (χ0v) is 9.13. The molecule has 1 aliphatic rings. The molecule has 1 saturated heterocycles. The minimum Gasteiger partial charge on any atom is -0.478 e. The molecule has 0 aromatic heterocycles. The third kappa shape index (κ3) is 5.99. The Morgan fingerprint density at radius 3 is 2.47 bits per heavy atom. The Labute approximate surface area is 98.7 Å². The minimum absolute atomic E-state index is 0.296. The van der Waals surface area contributed by atoms with Gasteiger partial charge in [-0.05, 0) is 11.6 Å². The van der Waals surface area contributed by atoms with Crippen molar-refractivity contribution in [3.8, 4) is 0 Å². The average molecular weight is 235 g/mol. The summed E-state index contributed by atoms with van der Waals surface area (Å²) in [5.41, 5.74) is 0.898. The van der Waals surface area contributed by atoms with Crippen LogP contribution in [0.3, 0.4) is 0 Å². The highest BCUT2D eigenvalue weighted by molar-refractivity contribution is 5.85. The molecule has 1 amide bonds. The van der Waals surface area contributed by atoms with Gasteiger partial charge in [0.1, 0.15) is 6.61 Å². The van der Waals surface area contributed by atoms with Crippen LogP contribution in [0, 0.1) is 0 Å². The number of carbonyl (C=O) groups is 2. The molecule has 0 bridgehead atoms. The smallest absolute Gasteiger partial charge is 0.407 e. The molecule has 0 radical (unpaired) electrons. The van der Waals surface area contributed by atoms with Gasteiger partial charge in [-0.2, -0.15) is 0 Å². The second-order valence-corrected chi connectivity index (χ2v) is 3.14. The van der Waals surface area contributed by atoms with Crippen molar-refractivity contribution in [3.63, 3.8) is 0 Å². The lowest BCUT2D eigenvalue weighted by Crippen LogP contribution is -2.11. The van der Waals surface area contributed by atoms with Crippen molar-refractivity contribution in [2.24, 2.45) is 0 Å². The number of amides is 1. The molecule has 0 saturated carbocycles. The summed E-state index contributed by atoms with van der Waals surface area (Å²) < 4.78 is 4.40. The number of carboxylic acids is 1.